The van der Waals surface area contributed by atoms with Crippen LogP contribution in [-0.4, -0.2) is 43.5 Å². The Kier molecular flexibility index (Phi) is 7.37. The number of sulfonamides is 1. The van der Waals surface area contributed by atoms with Crippen LogP contribution in [0.3, 0.4) is 0 Å². The molecule has 184 valence electrons. The predicted molar refractivity (Wildman–Crippen MR) is 131 cm³/mol. The molecule has 0 amide bonds. The number of aryl methyl sites for hydroxylation is 6. The topological polar surface area (TPSA) is 118 Å². The van der Waals surface area contributed by atoms with Crippen LogP contribution in [0.5, 0.6) is 0 Å². The number of benzene rings is 2. The minimum Gasteiger partial charge on any atom is -0.395 e. The van der Waals surface area contributed by atoms with Crippen molar-refractivity contribution in [3.63, 3.8) is 0 Å². The van der Waals surface area contributed by atoms with Gasteiger partial charge >= 0.3 is 0 Å². The predicted octanol–water partition coefficient (Wildman–Crippen LogP) is 2.85. The molecule has 0 radical (unpaired) electrons. The van der Waals surface area contributed by atoms with Gasteiger partial charge in [0.05, 0.1) is 28.1 Å². The van der Waals surface area contributed by atoms with Crippen LogP contribution in [0, 0.1) is 41.5 Å². The molecule has 0 saturated carbocycles. The van der Waals surface area contributed by atoms with Gasteiger partial charge in [0.1, 0.15) is 6.33 Å². The summed E-state index contributed by atoms with van der Waals surface area (Å²) in [6.07, 6.45) is 2.57. The molecule has 3 aromatic rings. The van der Waals surface area contributed by atoms with Gasteiger partial charge in [-0.2, -0.15) is 0 Å². The number of aliphatic hydroxyl groups is 1. The zero-order valence-corrected chi connectivity index (χ0v) is 21.9. The first-order valence-corrected chi connectivity index (χ1v) is 13.8. The minimum absolute atomic E-state index is 0.0219. The van der Waals surface area contributed by atoms with Gasteiger partial charge in [0.15, 0.2) is 0 Å². The first kappa shape index (κ1) is 26.1. The van der Waals surface area contributed by atoms with E-state index in [9.17, 15) is 21.9 Å². The fraction of sp³-hybridized carbons (Fsp3) is 0.375. The Morgan fingerprint density at radius 3 is 1.79 bits per heavy atom. The van der Waals surface area contributed by atoms with E-state index in [-0.39, 0.29) is 16.2 Å². The van der Waals surface area contributed by atoms with Crippen molar-refractivity contribution in [1.82, 2.24) is 13.7 Å². The van der Waals surface area contributed by atoms with E-state index in [0.717, 1.165) is 15.1 Å². The van der Waals surface area contributed by atoms with Crippen LogP contribution in [0.2, 0.25) is 0 Å². The molecule has 0 aliphatic heterocycles. The van der Waals surface area contributed by atoms with Crippen LogP contribution in [0.1, 0.15) is 39.1 Å². The van der Waals surface area contributed by atoms with E-state index in [4.69, 9.17) is 0 Å². The summed E-state index contributed by atoms with van der Waals surface area (Å²) in [5.41, 5.74) is 4.76. The lowest BCUT2D eigenvalue weighted by Gasteiger charge is -2.18. The van der Waals surface area contributed by atoms with Gasteiger partial charge < -0.3 is 5.11 Å². The van der Waals surface area contributed by atoms with Crippen molar-refractivity contribution in [3.05, 3.63) is 75.9 Å². The van der Waals surface area contributed by atoms with Gasteiger partial charge in [-0.15, -0.1) is 0 Å². The third kappa shape index (κ3) is 5.25. The number of hydrogen-bond donors (Lipinski definition) is 2. The molecule has 10 heteroatoms. The van der Waals surface area contributed by atoms with E-state index in [1.807, 2.05) is 26.0 Å². The van der Waals surface area contributed by atoms with Gasteiger partial charge in [-0.05, 0) is 63.8 Å². The van der Waals surface area contributed by atoms with Crippen LogP contribution in [0.15, 0.2) is 46.6 Å². The van der Waals surface area contributed by atoms with Gasteiger partial charge in [0.2, 0.25) is 10.0 Å². The van der Waals surface area contributed by atoms with E-state index < -0.39 is 32.7 Å². The van der Waals surface area contributed by atoms with Crippen LogP contribution < -0.4 is 4.72 Å². The third-order valence-corrected chi connectivity index (χ3v) is 9.36. The van der Waals surface area contributed by atoms with Crippen molar-refractivity contribution in [3.8, 4) is 0 Å². The van der Waals surface area contributed by atoms with Crippen LogP contribution >= 0.6 is 0 Å². The summed E-state index contributed by atoms with van der Waals surface area (Å²) in [7, 11) is -7.79. The summed E-state index contributed by atoms with van der Waals surface area (Å²) in [5.74, 6) is 0. The first-order chi connectivity index (χ1) is 15.8. The monoisotopic (exact) mass is 505 g/mol. The average Bonchev–Trinajstić information content (AvgIpc) is 3.14. The molecule has 1 atom stereocenters. The van der Waals surface area contributed by atoms with Crippen molar-refractivity contribution in [2.45, 2.75) is 63.8 Å². The molecule has 2 N–H and O–H groups in total. The maximum absolute atomic E-state index is 13.2. The first-order valence-electron chi connectivity index (χ1n) is 10.8. The van der Waals surface area contributed by atoms with E-state index >= 15 is 0 Å². The third-order valence-electron chi connectivity index (χ3n) is 5.62. The molecule has 0 unspecified atom stereocenters. The highest BCUT2D eigenvalue weighted by molar-refractivity contribution is 7.90. The molecule has 0 bridgehead atoms. The maximum Gasteiger partial charge on any atom is 0.269 e. The molecule has 0 fully saturated rings. The highest BCUT2D eigenvalue weighted by Crippen LogP contribution is 2.25. The highest BCUT2D eigenvalue weighted by Gasteiger charge is 2.26. The Bertz CT molecular complexity index is 1390. The standard InChI is InChI=1S/C24H31N3O5S2/c1-15-7-17(3)23(18(4)8-15)33(29,30)26-22(13-28)11-21-12-27(14-25-21)34(31,32)24-19(5)9-16(2)10-20(24)6/h7-10,12,14,22,26,28H,11,13H2,1-6H3/t22-/m0/s1. The summed E-state index contributed by atoms with van der Waals surface area (Å²) >= 11 is 0. The van der Waals surface area contributed by atoms with Crippen LogP contribution in [-0.2, 0) is 26.5 Å². The van der Waals surface area contributed by atoms with Crippen molar-refractivity contribution in [2.75, 3.05) is 6.61 Å². The molecule has 0 aliphatic rings. The van der Waals surface area contributed by atoms with Crippen molar-refractivity contribution < 1.29 is 21.9 Å². The summed E-state index contributed by atoms with van der Waals surface area (Å²) in [5, 5.41) is 9.84. The van der Waals surface area contributed by atoms with Gasteiger partial charge in [0, 0.05) is 12.6 Å². The van der Waals surface area contributed by atoms with E-state index in [1.54, 1.807) is 39.8 Å². The molecule has 1 aromatic heterocycles. The lowest BCUT2D eigenvalue weighted by atomic mass is 10.1. The van der Waals surface area contributed by atoms with E-state index in [2.05, 4.69) is 9.71 Å². The number of nitrogens with zero attached hydrogens (tertiary/aromatic N) is 2. The van der Waals surface area contributed by atoms with Crippen LogP contribution in [0.4, 0.5) is 0 Å². The molecule has 1 heterocycles. The second-order valence-electron chi connectivity index (χ2n) is 8.86. The number of rotatable bonds is 8. The van der Waals surface area contributed by atoms with E-state index in [1.165, 1.54) is 12.5 Å². The van der Waals surface area contributed by atoms with Crippen molar-refractivity contribution >= 4 is 20.0 Å². The van der Waals surface area contributed by atoms with Crippen molar-refractivity contribution in [1.29, 1.82) is 0 Å². The Morgan fingerprint density at radius 1 is 0.853 bits per heavy atom. The number of nitrogens with one attached hydrogen (secondary N) is 1. The number of imidazole rings is 1. The zero-order chi connectivity index (χ0) is 25.4. The second kappa shape index (κ2) is 9.61. The summed E-state index contributed by atoms with van der Waals surface area (Å²) in [6, 6.07) is 6.32. The van der Waals surface area contributed by atoms with Gasteiger partial charge in [-0.1, -0.05) is 35.4 Å². The second-order valence-corrected chi connectivity index (χ2v) is 12.3. The molecule has 2 aromatic carbocycles. The number of aromatic nitrogens is 2. The molecule has 0 spiro atoms. The van der Waals surface area contributed by atoms with Gasteiger partial charge in [-0.25, -0.2) is 30.5 Å². The fourth-order valence-corrected chi connectivity index (χ4v) is 7.78. The SMILES string of the molecule is Cc1cc(C)c(S(=O)(=O)N[C@H](CO)Cc2cn(S(=O)(=O)c3c(C)cc(C)cc3C)cn2)c(C)c1. The average molecular weight is 506 g/mol. The minimum atomic E-state index is -3.91. The molecular weight excluding hydrogens is 474 g/mol. The van der Waals surface area contributed by atoms with Gasteiger partial charge in [0.25, 0.3) is 10.0 Å². The zero-order valence-electron chi connectivity index (χ0n) is 20.2. The molecule has 0 aliphatic carbocycles. The molecule has 3 rings (SSSR count). The molecule has 34 heavy (non-hydrogen) atoms. The fourth-order valence-electron chi connectivity index (χ4n) is 4.53. The number of hydrogen-bond acceptors (Lipinski definition) is 6. The van der Waals surface area contributed by atoms with Gasteiger partial charge in [-0.3, -0.25) is 0 Å². The summed E-state index contributed by atoms with van der Waals surface area (Å²) in [6.45, 7) is 10.3. The normalized spacial score (nSPS) is 13.3. The molecular formula is C24H31N3O5S2. The van der Waals surface area contributed by atoms with Crippen molar-refractivity contribution in [2.24, 2.45) is 0 Å². The van der Waals surface area contributed by atoms with E-state index in [0.29, 0.717) is 27.9 Å². The quantitative estimate of drug-likeness (QED) is 0.486. The molecule has 8 nitrogen and oxygen atoms in total. The molecule has 0 saturated heterocycles. The smallest absolute Gasteiger partial charge is 0.269 e. The lowest BCUT2D eigenvalue weighted by molar-refractivity contribution is 0.255. The largest absolute Gasteiger partial charge is 0.395 e. The Morgan fingerprint density at radius 2 is 1.32 bits per heavy atom. The Labute approximate surface area is 201 Å². The summed E-state index contributed by atoms with van der Waals surface area (Å²) in [4.78, 5) is 4.55. The maximum atomic E-state index is 13.2. The summed E-state index contributed by atoms with van der Waals surface area (Å²) < 4.78 is 56.1. The highest BCUT2D eigenvalue weighted by atomic mass is 32.2. The number of aliphatic hydroxyl groups excluding tert-OH is 1. The lowest BCUT2D eigenvalue weighted by Crippen LogP contribution is -2.39. The van der Waals surface area contributed by atoms with Crippen LogP contribution in [0.25, 0.3) is 0 Å². The Hall–Kier alpha value is -2.53. The Balaban J connectivity index is 1.87.